The van der Waals surface area contributed by atoms with E-state index in [1.807, 2.05) is 12.4 Å². The van der Waals surface area contributed by atoms with Gasteiger partial charge in [-0.15, -0.1) is 0 Å². The van der Waals surface area contributed by atoms with Gasteiger partial charge in [-0.05, 0) is 59.7 Å². The molecule has 1 aromatic rings. The Morgan fingerprint density at radius 2 is 2.25 bits per heavy atom. The van der Waals surface area contributed by atoms with E-state index < -0.39 is 0 Å². The van der Waals surface area contributed by atoms with Gasteiger partial charge < -0.3 is 5.32 Å². The first-order valence-electron chi connectivity index (χ1n) is 7.69. The molecule has 0 bridgehead atoms. The lowest BCUT2D eigenvalue weighted by Gasteiger charge is -2.46. The normalized spacial score (nSPS) is 31.4. The molecule has 4 heteroatoms. The summed E-state index contributed by atoms with van der Waals surface area (Å²) in [5.41, 5.74) is 1.61. The van der Waals surface area contributed by atoms with Gasteiger partial charge in [-0.1, -0.05) is 6.92 Å². The molecule has 0 spiro atoms. The molecule has 2 heterocycles. The van der Waals surface area contributed by atoms with Crippen LogP contribution in [0.4, 0.5) is 0 Å². The molecule has 3 rings (SSSR count). The summed E-state index contributed by atoms with van der Waals surface area (Å²) in [6.45, 7) is 7.98. The average Bonchev–Trinajstić information content (AvgIpc) is 3.24. The summed E-state index contributed by atoms with van der Waals surface area (Å²) in [7, 11) is 0. The van der Waals surface area contributed by atoms with Gasteiger partial charge in [0.2, 0.25) is 0 Å². The van der Waals surface area contributed by atoms with Gasteiger partial charge in [-0.2, -0.15) is 0 Å². The molecule has 2 atom stereocenters. The van der Waals surface area contributed by atoms with Gasteiger partial charge in [0.25, 0.3) is 0 Å². The predicted octanol–water partition coefficient (Wildman–Crippen LogP) is 3.20. The first-order chi connectivity index (χ1) is 9.60. The molecule has 1 N–H and O–H groups in total. The zero-order chi connectivity index (χ0) is 14.2. The largest absolute Gasteiger partial charge is 0.308 e. The average molecular weight is 338 g/mol. The molecule has 2 unspecified atom stereocenters. The minimum Gasteiger partial charge on any atom is -0.308 e. The number of hydrogen-bond acceptors (Lipinski definition) is 3. The smallest absolute Gasteiger partial charge is 0.0410 e. The minimum absolute atomic E-state index is 0.311. The van der Waals surface area contributed by atoms with E-state index in [-0.39, 0.29) is 0 Å². The fourth-order valence-corrected chi connectivity index (χ4v) is 3.86. The van der Waals surface area contributed by atoms with Gasteiger partial charge in [0.15, 0.2) is 0 Å². The molecule has 1 saturated heterocycles. The van der Waals surface area contributed by atoms with Crippen LogP contribution >= 0.6 is 15.9 Å². The molecule has 2 fully saturated rings. The summed E-state index contributed by atoms with van der Waals surface area (Å²) in [6, 6.07) is 2.83. The highest BCUT2D eigenvalue weighted by Crippen LogP contribution is 2.41. The third kappa shape index (κ3) is 3.07. The molecule has 0 aromatic carbocycles. The van der Waals surface area contributed by atoms with Gasteiger partial charge in [-0.3, -0.25) is 9.88 Å². The molecule has 0 amide bonds. The maximum atomic E-state index is 4.30. The lowest BCUT2D eigenvalue weighted by molar-refractivity contribution is 0.0665. The van der Waals surface area contributed by atoms with Gasteiger partial charge >= 0.3 is 0 Å². The van der Waals surface area contributed by atoms with Crippen molar-refractivity contribution >= 4 is 15.9 Å². The van der Waals surface area contributed by atoms with Crippen LogP contribution in [0.2, 0.25) is 0 Å². The fourth-order valence-electron chi connectivity index (χ4n) is 3.45. The SMILES string of the molecule is CCC1CNC(C)(C2CC2)CN1Cc1cncc(Br)c1. The Morgan fingerprint density at radius 3 is 2.90 bits per heavy atom. The second kappa shape index (κ2) is 5.74. The van der Waals surface area contributed by atoms with E-state index in [1.54, 1.807) is 0 Å². The van der Waals surface area contributed by atoms with E-state index in [9.17, 15) is 0 Å². The fraction of sp³-hybridized carbons (Fsp3) is 0.688. The van der Waals surface area contributed by atoms with Crippen molar-refractivity contribution in [2.75, 3.05) is 13.1 Å². The molecular formula is C16H24BrN3. The Kier molecular flexibility index (Phi) is 4.16. The molecule has 1 aliphatic carbocycles. The minimum atomic E-state index is 0.311. The zero-order valence-electron chi connectivity index (χ0n) is 12.4. The highest BCUT2D eigenvalue weighted by atomic mass is 79.9. The Bertz CT molecular complexity index is 475. The lowest BCUT2D eigenvalue weighted by atomic mass is 9.90. The summed E-state index contributed by atoms with van der Waals surface area (Å²) in [5.74, 6) is 0.878. The highest BCUT2D eigenvalue weighted by molar-refractivity contribution is 9.10. The topological polar surface area (TPSA) is 28.2 Å². The van der Waals surface area contributed by atoms with Crippen molar-refractivity contribution in [2.45, 2.75) is 51.2 Å². The van der Waals surface area contributed by atoms with E-state index >= 15 is 0 Å². The van der Waals surface area contributed by atoms with Crippen molar-refractivity contribution in [3.8, 4) is 0 Å². The van der Waals surface area contributed by atoms with Crippen molar-refractivity contribution < 1.29 is 0 Å². The number of halogens is 1. The highest BCUT2D eigenvalue weighted by Gasteiger charge is 2.45. The van der Waals surface area contributed by atoms with Crippen LogP contribution in [0.3, 0.4) is 0 Å². The zero-order valence-corrected chi connectivity index (χ0v) is 14.0. The number of nitrogens with zero attached hydrogens (tertiary/aromatic N) is 2. The standard InChI is InChI=1S/C16H24BrN3/c1-3-15-9-19-16(2,13-4-5-13)11-20(15)10-12-6-14(17)8-18-7-12/h6-8,13,15,19H,3-5,9-11H2,1-2H3. The van der Waals surface area contributed by atoms with Crippen LogP contribution < -0.4 is 5.32 Å². The van der Waals surface area contributed by atoms with E-state index in [1.165, 1.54) is 24.8 Å². The molecule has 2 aliphatic rings. The summed E-state index contributed by atoms with van der Waals surface area (Å²) < 4.78 is 1.07. The van der Waals surface area contributed by atoms with Crippen molar-refractivity contribution in [1.82, 2.24) is 15.2 Å². The first-order valence-corrected chi connectivity index (χ1v) is 8.48. The first kappa shape index (κ1) is 14.5. The second-order valence-electron chi connectivity index (χ2n) is 6.55. The van der Waals surface area contributed by atoms with Crippen LogP contribution in [0.1, 0.15) is 38.7 Å². The maximum Gasteiger partial charge on any atom is 0.0410 e. The monoisotopic (exact) mass is 337 g/mol. The number of nitrogens with one attached hydrogen (secondary N) is 1. The number of piperazine rings is 1. The molecule has 0 radical (unpaired) electrons. The number of rotatable bonds is 4. The van der Waals surface area contributed by atoms with Crippen LogP contribution in [0.5, 0.6) is 0 Å². The van der Waals surface area contributed by atoms with E-state index in [2.05, 4.69) is 51.0 Å². The van der Waals surface area contributed by atoms with Crippen molar-refractivity contribution in [3.63, 3.8) is 0 Å². The molecule has 20 heavy (non-hydrogen) atoms. The predicted molar refractivity (Wildman–Crippen MR) is 85.6 cm³/mol. The maximum absolute atomic E-state index is 4.30. The van der Waals surface area contributed by atoms with Crippen LogP contribution in [-0.4, -0.2) is 34.6 Å². The number of aromatic nitrogens is 1. The van der Waals surface area contributed by atoms with Crippen molar-refractivity contribution in [2.24, 2.45) is 5.92 Å². The Morgan fingerprint density at radius 1 is 1.45 bits per heavy atom. The van der Waals surface area contributed by atoms with Crippen LogP contribution in [0, 0.1) is 5.92 Å². The molecular weight excluding hydrogens is 314 g/mol. The van der Waals surface area contributed by atoms with E-state index in [4.69, 9.17) is 0 Å². The van der Waals surface area contributed by atoms with E-state index in [0.717, 1.165) is 30.0 Å². The van der Waals surface area contributed by atoms with Gasteiger partial charge in [0, 0.05) is 48.1 Å². The van der Waals surface area contributed by atoms with Gasteiger partial charge in [-0.25, -0.2) is 0 Å². The summed E-state index contributed by atoms with van der Waals surface area (Å²) in [4.78, 5) is 6.95. The van der Waals surface area contributed by atoms with Gasteiger partial charge in [0.1, 0.15) is 0 Å². The van der Waals surface area contributed by atoms with Crippen LogP contribution in [0.25, 0.3) is 0 Å². The Balaban J connectivity index is 1.73. The molecule has 1 aromatic heterocycles. The Labute approximate surface area is 130 Å². The lowest BCUT2D eigenvalue weighted by Crippen LogP contribution is -2.63. The molecule has 1 aliphatic heterocycles. The van der Waals surface area contributed by atoms with Crippen molar-refractivity contribution in [3.05, 3.63) is 28.5 Å². The van der Waals surface area contributed by atoms with Gasteiger partial charge in [0.05, 0.1) is 0 Å². The summed E-state index contributed by atoms with van der Waals surface area (Å²) in [5, 5.41) is 3.82. The van der Waals surface area contributed by atoms with Crippen molar-refractivity contribution in [1.29, 1.82) is 0 Å². The summed E-state index contributed by atoms with van der Waals surface area (Å²) in [6.07, 6.45) is 7.84. The third-order valence-electron chi connectivity index (χ3n) is 4.89. The summed E-state index contributed by atoms with van der Waals surface area (Å²) >= 11 is 3.52. The second-order valence-corrected chi connectivity index (χ2v) is 7.47. The number of hydrogen-bond donors (Lipinski definition) is 1. The van der Waals surface area contributed by atoms with E-state index in [0.29, 0.717) is 11.6 Å². The van der Waals surface area contributed by atoms with Crippen LogP contribution in [0.15, 0.2) is 22.9 Å². The molecule has 3 nitrogen and oxygen atoms in total. The molecule has 1 saturated carbocycles. The quantitative estimate of drug-likeness (QED) is 0.914. The number of pyridine rings is 1. The third-order valence-corrected chi connectivity index (χ3v) is 5.32. The van der Waals surface area contributed by atoms with Crippen LogP contribution in [-0.2, 0) is 6.54 Å². The molecule has 110 valence electrons. The Hall–Kier alpha value is -0.450.